The van der Waals surface area contributed by atoms with Crippen LogP contribution in [0.25, 0.3) is 0 Å². The van der Waals surface area contributed by atoms with E-state index in [-0.39, 0.29) is 24.6 Å². The molecule has 0 bridgehead atoms. The summed E-state index contributed by atoms with van der Waals surface area (Å²) in [6, 6.07) is 7.83. The number of hydrogen-bond donors (Lipinski definition) is 1. The molecule has 0 amide bonds. The van der Waals surface area contributed by atoms with Crippen molar-refractivity contribution in [3.05, 3.63) is 128 Å². The molecule has 1 heterocycles. The van der Waals surface area contributed by atoms with Crippen LogP contribution in [0.2, 0.25) is 0 Å². The fourth-order valence-corrected chi connectivity index (χ4v) is 5.21. The highest BCUT2D eigenvalue weighted by atomic mass is 32.1. The molecule has 0 aliphatic carbocycles. The minimum Gasteiger partial charge on any atom is -0.494 e. The molecular weight excluding hydrogens is 516 g/mol. The zero-order chi connectivity index (χ0) is 29.7. The largest absolute Gasteiger partial charge is 0.494 e. The number of allylic oxidation sites excluding steroid dienone is 4. The molecule has 0 saturated carbocycles. The number of rotatable bonds is 15. The second-order valence-electron chi connectivity index (χ2n) is 9.66. The zero-order valence-corrected chi connectivity index (χ0v) is 25.1. The highest BCUT2D eigenvalue weighted by Gasteiger charge is 2.21. The lowest BCUT2D eigenvalue weighted by Gasteiger charge is -2.13. The predicted molar refractivity (Wildman–Crippen MR) is 166 cm³/mol. The SMILES string of the molecule is C=C(C/C=C/CC(=O)c1c(CC=C=CC)sc(C(C)=O)c1C)OCC=C=C(C[C@H](O)c1ccc(C)cc1)C(=C)C. The average molecular weight is 557 g/mol. The number of carbonyl (C=O) groups excluding carboxylic acids is 2. The number of hydrogen-bond acceptors (Lipinski definition) is 5. The Hall–Kier alpha value is -3.72. The van der Waals surface area contributed by atoms with Crippen LogP contribution in [0.3, 0.4) is 0 Å². The molecule has 0 radical (unpaired) electrons. The summed E-state index contributed by atoms with van der Waals surface area (Å²) in [7, 11) is 0. The summed E-state index contributed by atoms with van der Waals surface area (Å²) in [5.74, 6) is 0.533. The predicted octanol–water partition coefficient (Wildman–Crippen LogP) is 8.67. The number of aliphatic hydroxyl groups is 1. The lowest BCUT2D eigenvalue weighted by molar-refractivity contribution is 0.0994. The van der Waals surface area contributed by atoms with E-state index >= 15 is 0 Å². The van der Waals surface area contributed by atoms with E-state index in [2.05, 4.69) is 24.6 Å². The second kappa shape index (κ2) is 16.4. The quantitative estimate of drug-likeness (QED) is 0.0784. The van der Waals surface area contributed by atoms with Crippen LogP contribution in [0.1, 0.15) is 87.7 Å². The van der Waals surface area contributed by atoms with Crippen LogP contribution < -0.4 is 0 Å². The van der Waals surface area contributed by atoms with Gasteiger partial charge < -0.3 is 9.84 Å². The molecule has 0 fully saturated rings. The Labute approximate surface area is 243 Å². The Morgan fingerprint density at radius 2 is 1.75 bits per heavy atom. The van der Waals surface area contributed by atoms with Gasteiger partial charge in [-0.15, -0.1) is 22.8 Å². The number of Topliss-reactive ketones (excluding diaryl/α,β-unsaturated/α-hetero) is 2. The normalized spacial score (nSPS) is 11.2. The van der Waals surface area contributed by atoms with E-state index in [0.717, 1.165) is 32.7 Å². The number of thiophene rings is 1. The van der Waals surface area contributed by atoms with Crippen molar-refractivity contribution in [2.45, 2.75) is 66.4 Å². The molecule has 0 saturated heterocycles. The third kappa shape index (κ3) is 10.1. The van der Waals surface area contributed by atoms with Crippen LogP contribution in [0.15, 0.2) is 96.2 Å². The maximum Gasteiger partial charge on any atom is 0.170 e. The molecule has 1 aromatic carbocycles. The molecule has 2 rings (SSSR count). The molecule has 1 atom stereocenters. The minimum atomic E-state index is -0.635. The lowest BCUT2D eigenvalue weighted by Crippen LogP contribution is -2.02. The van der Waals surface area contributed by atoms with Crippen LogP contribution in [-0.4, -0.2) is 23.3 Å². The van der Waals surface area contributed by atoms with Gasteiger partial charge in [-0.2, -0.15) is 0 Å². The smallest absolute Gasteiger partial charge is 0.170 e. The maximum absolute atomic E-state index is 13.0. The van der Waals surface area contributed by atoms with E-state index in [9.17, 15) is 14.7 Å². The molecule has 2 aromatic rings. The first-order valence-corrected chi connectivity index (χ1v) is 14.2. The summed E-state index contributed by atoms with van der Waals surface area (Å²) in [5, 5.41) is 10.6. The summed E-state index contributed by atoms with van der Waals surface area (Å²) in [6.45, 7) is 17.4. The summed E-state index contributed by atoms with van der Waals surface area (Å²) >= 11 is 1.39. The van der Waals surface area contributed by atoms with Crippen LogP contribution in [0.5, 0.6) is 0 Å². The number of ketones is 2. The third-order valence-electron chi connectivity index (χ3n) is 6.23. The Morgan fingerprint density at radius 1 is 1.07 bits per heavy atom. The van der Waals surface area contributed by atoms with Crippen molar-refractivity contribution in [2.24, 2.45) is 0 Å². The number of benzene rings is 1. The molecule has 1 aromatic heterocycles. The van der Waals surface area contributed by atoms with E-state index in [1.807, 2.05) is 76.3 Å². The summed E-state index contributed by atoms with van der Waals surface area (Å²) in [5.41, 5.74) is 11.3. The standard InChI is InChI=1S/C35H40O4S/c1-8-9-10-17-33-34(27(6)35(40-33)28(7)36)31(37)16-12-11-14-26(5)39-22-13-15-30(24(2)3)23-32(38)29-20-18-25(4)19-21-29/h8,10-13,18-21,32,38H,2,5,14,16-17,22-23H2,1,3-4,6-7H3/b12-11+/t9?,15?,32-/m0/s1. The highest BCUT2D eigenvalue weighted by Crippen LogP contribution is 2.30. The molecule has 0 aliphatic rings. The fraction of sp³-hybridized carbons (Fsp3) is 0.314. The fourth-order valence-electron chi connectivity index (χ4n) is 4.03. The number of aryl methyl sites for hydroxylation is 1. The molecule has 5 heteroatoms. The van der Waals surface area contributed by atoms with Gasteiger partial charge in [-0.25, -0.2) is 0 Å². The van der Waals surface area contributed by atoms with Crippen LogP contribution in [-0.2, 0) is 11.2 Å². The summed E-state index contributed by atoms with van der Waals surface area (Å²) in [6.07, 6.45) is 10.2. The van der Waals surface area contributed by atoms with E-state index in [0.29, 0.717) is 35.5 Å². The van der Waals surface area contributed by atoms with E-state index < -0.39 is 6.10 Å². The van der Waals surface area contributed by atoms with Crippen molar-refractivity contribution in [2.75, 3.05) is 6.61 Å². The van der Waals surface area contributed by atoms with Gasteiger partial charge in [0.15, 0.2) is 11.6 Å². The Morgan fingerprint density at radius 3 is 2.38 bits per heavy atom. The molecule has 40 heavy (non-hydrogen) atoms. The monoisotopic (exact) mass is 556 g/mol. The van der Waals surface area contributed by atoms with Crippen LogP contribution in [0, 0.1) is 13.8 Å². The van der Waals surface area contributed by atoms with Gasteiger partial charge in [0.1, 0.15) is 6.61 Å². The molecular formula is C35H40O4S. The van der Waals surface area contributed by atoms with Gasteiger partial charge >= 0.3 is 0 Å². The van der Waals surface area contributed by atoms with Crippen molar-refractivity contribution in [3.8, 4) is 0 Å². The maximum atomic E-state index is 13.0. The van der Waals surface area contributed by atoms with Crippen molar-refractivity contribution >= 4 is 22.9 Å². The molecule has 210 valence electrons. The first-order chi connectivity index (χ1) is 19.0. The van der Waals surface area contributed by atoms with Gasteiger partial charge in [0.05, 0.1) is 16.7 Å². The summed E-state index contributed by atoms with van der Waals surface area (Å²) in [4.78, 5) is 26.6. The minimum absolute atomic E-state index is 0.0128. The Kier molecular flexibility index (Phi) is 13.3. The lowest BCUT2D eigenvalue weighted by atomic mass is 9.97. The van der Waals surface area contributed by atoms with Crippen LogP contribution >= 0.6 is 11.3 Å². The molecule has 0 aliphatic heterocycles. The number of carbonyl (C=O) groups is 2. The second-order valence-corrected chi connectivity index (χ2v) is 10.8. The van der Waals surface area contributed by atoms with Gasteiger partial charge in [0, 0.05) is 36.1 Å². The van der Waals surface area contributed by atoms with Gasteiger partial charge in [-0.05, 0) is 75.1 Å². The zero-order valence-electron chi connectivity index (χ0n) is 24.3. The van der Waals surface area contributed by atoms with Crippen molar-refractivity contribution in [1.82, 2.24) is 0 Å². The summed E-state index contributed by atoms with van der Waals surface area (Å²) < 4.78 is 5.69. The van der Waals surface area contributed by atoms with Gasteiger partial charge in [-0.3, -0.25) is 9.59 Å². The molecule has 1 N–H and O–H groups in total. The number of aliphatic hydroxyl groups excluding tert-OH is 1. The molecule has 4 nitrogen and oxygen atoms in total. The Bertz CT molecular complexity index is 1390. The Balaban J connectivity index is 1.92. The number of ether oxygens (including phenoxy) is 1. The first kappa shape index (κ1) is 32.5. The molecule has 0 unspecified atom stereocenters. The first-order valence-electron chi connectivity index (χ1n) is 13.4. The van der Waals surface area contributed by atoms with Gasteiger partial charge in [-0.1, -0.05) is 55.1 Å². The van der Waals surface area contributed by atoms with Crippen LogP contribution in [0.4, 0.5) is 0 Å². The van der Waals surface area contributed by atoms with Crippen molar-refractivity contribution in [1.29, 1.82) is 0 Å². The third-order valence-corrected chi connectivity index (χ3v) is 7.64. The van der Waals surface area contributed by atoms with E-state index in [1.165, 1.54) is 18.3 Å². The van der Waals surface area contributed by atoms with E-state index in [1.54, 1.807) is 6.08 Å². The van der Waals surface area contributed by atoms with Gasteiger partial charge in [0.2, 0.25) is 0 Å². The van der Waals surface area contributed by atoms with Gasteiger partial charge in [0.25, 0.3) is 0 Å². The molecule has 0 spiro atoms. The van der Waals surface area contributed by atoms with Crippen molar-refractivity contribution < 1.29 is 19.4 Å². The van der Waals surface area contributed by atoms with Crippen molar-refractivity contribution in [3.63, 3.8) is 0 Å². The average Bonchev–Trinajstić information content (AvgIpc) is 3.24. The highest BCUT2D eigenvalue weighted by molar-refractivity contribution is 7.14. The topological polar surface area (TPSA) is 63.6 Å². The van der Waals surface area contributed by atoms with E-state index in [4.69, 9.17) is 4.74 Å².